The van der Waals surface area contributed by atoms with E-state index < -0.39 is 0 Å². The summed E-state index contributed by atoms with van der Waals surface area (Å²) in [6, 6.07) is 8.05. The van der Waals surface area contributed by atoms with Gasteiger partial charge in [0, 0.05) is 11.6 Å². The maximum atomic E-state index is 6.35. The summed E-state index contributed by atoms with van der Waals surface area (Å²) < 4.78 is 1.95. The first-order chi connectivity index (χ1) is 10.2. The molecule has 0 radical (unpaired) electrons. The van der Waals surface area contributed by atoms with Gasteiger partial charge >= 0.3 is 0 Å². The Labute approximate surface area is 136 Å². The molecular weight excluding hydrogens is 305 g/mol. The number of nitrogens with one attached hydrogen (secondary N) is 1. The van der Waals surface area contributed by atoms with E-state index in [0.717, 1.165) is 42.2 Å². The lowest BCUT2D eigenvalue weighted by Crippen LogP contribution is -2.27. The monoisotopic (exact) mass is 325 g/mol. The standard InChI is InChI=1S/C16H21Cl2N3/c1-3-9-19-15(10-12-7-5-6-8-13(12)17)16-14(18)11-20-21(16)4-2/h5-8,11,15,19H,3-4,9-10H2,1-2H3. The zero-order valence-corrected chi connectivity index (χ0v) is 14.0. The molecule has 21 heavy (non-hydrogen) atoms. The molecular formula is C16H21Cl2N3. The Kier molecular flexibility index (Phi) is 6.09. The molecule has 0 spiro atoms. The lowest BCUT2D eigenvalue weighted by molar-refractivity contribution is 0.479. The molecule has 114 valence electrons. The summed E-state index contributed by atoms with van der Waals surface area (Å²) in [5, 5.41) is 9.40. The number of hydrogen-bond donors (Lipinski definition) is 1. The van der Waals surface area contributed by atoms with E-state index in [0.29, 0.717) is 5.02 Å². The van der Waals surface area contributed by atoms with Crippen LogP contribution in [-0.2, 0) is 13.0 Å². The third-order valence-electron chi connectivity index (χ3n) is 3.49. The highest BCUT2D eigenvalue weighted by Gasteiger charge is 2.20. The van der Waals surface area contributed by atoms with Crippen molar-refractivity contribution in [1.29, 1.82) is 0 Å². The number of aromatic nitrogens is 2. The van der Waals surface area contributed by atoms with Gasteiger partial charge in [-0.25, -0.2) is 0 Å². The van der Waals surface area contributed by atoms with Crippen LogP contribution in [-0.4, -0.2) is 16.3 Å². The average molecular weight is 326 g/mol. The van der Waals surface area contributed by atoms with Crippen molar-refractivity contribution in [2.24, 2.45) is 0 Å². The lowest BCUT2D eigenvalue weighted by atomic mass is 10.0. The van der Waals surface area contributed by atoms with Gasteiger partial charge in [0.15, 0.2) is 0 Å². The van der Waals surface area contributed by atoms with Crippen LogP contribution in [0.25, 0.3) is 0 Å². The molecule has 5 heteroatoms. The summed E-state index contributed by atoms with van der Waals surface area (Å²) >= 11 is 12.6. The first kappa shape index (κ1) is 16.3. The van der Waals surface area contributed by atoms with Crippen molar-refractivity contribution in [3.63, 3.8) is 0 Å². The largest absolute Gasteiger partial charge is 0.308 e. The number of aryl methyl sites for hydroxylation is 1. The van der Waals surface area contributed by atoms with Gasteiger partial charge in [-0.2, -0.15) is 5.10 Å². The maximum absolute atomic E-state index is 6.35. The Morgan fingerprint density at radius 3 is 2.62 bits per heavy atom. The summed E-state index contributed by atoms with van der Waals surface area (Å²) in [5.74, 6) is 0. The summed E-state index contributed by atoms with van der Waals surface area (Å²) in [4.78, 5) is 0. The second kappa shape index (κ2) is 7.83. The Morgan fingerprint density at radius 1 is 1.19 bits per heavy atom. The van der Waals surface area contributed by atoms with Crippen molar-refractivity contribution in [3.05, 3.63) is 51.8 Å². The molecule has 0 amide bonds. The molecule has 0 aliphatic rings. The topological polar surface area (TPSA) is 29.9 Å². The fourth-order valence-corrected chi connectivity index (χ4v) is 2.92. The van der Waals surface area contributed by atoms with Gasteiger partial charge in [-0.15, -0.1) is 0 Å². The predicted octanol–water partition coefficient (Wildman–Crippen LogP) is 4.49. The minimum atomic E-state index is 0.111. The van der Waals surface area contributed by atoms with E-state index in [1.165, 1.54) is 0 Å². The van der Waals surface area contributed by atoms with E-state index in [-0.39, 0.29) is 6.04 Å². The molecule has 2 rings (SSSR count). The molecule has 0 bridgehead atoms. The Hall–Kier alpha value is -1.03. The first-order valence-electron chi connectivity index (χ1n) is 7.35. The van der Waals surface area contributed by atoms with Gasteiger partial charge in [0.2, 0.25) is 0 Å². The second-order valence-corrected chi connectivity index (χ2v) is 5.81. The number of nitrogens with zero attached hydrogens (tertiary/aromatic N) is 2. The zero-order valence-electron chi connectivity index (χ0n) is 12.4. The Balaban J connectivity index is 2.30. The van der Waals surface area contributed by atoms with Gasteiger partial charge < -0.3 is 5.32 Å². The van der Waals surface area contributed by atoms with Crippen molar-refractivity contribution in [2.75, 3.05) is 6.54 Å². The molecule has 0 fully saturated rings. The van der Waals surface area contributed by atoms with Crippen LogP contribution in [0.3, 0.4) is 0 Å². The SMILES string of the molecule is CCCNC(Cc1ccccc1Cl)c1c(Cl)cnn1CC. The number of benzene rings is 1. The summed E-state index contributed by atoms with van der Waals surface area (Å²) in [7, 11) is 0. The van der Waals surface area contributed by atoms with E-state index in [1.807, 2.05) is 22.9 Å². The van der Waals surface area contributed by atoms with Crippen LogP contribution in [0.2, 0.25) is 10.0 Å². The molecule has 1 atom stereocenters. The molecule has 0 saturated heterocycles. The van der Waals surface area contributed by atoms with Gasteiger partial charge in [-0.1, -0.05) is 48.3 Å². The predicted molar refractivity (Wildman–Crippen MR) is 89.1 cm³/mol. The molecule has 1 unspecified atom stereocenters. The molecule has 0 saturated carbocycles. The van der Waals surface area contributed by atoms with Crippen LogP contribution in [0.1, 0.15) is 37.6 Å². The summed E-state index contributed by atoms with van der Waals surface area (Å²) in [6.07, 6.45) is 3.58. The summed E-state index contributed by atoms with van der Waals surface area (Å²) in [5.41, 5.74) is 2.15. The highest BCUT2D eigenvalue weighted by molar-refractivity contribution is 6.31. The van der Waals surface area contributed by atoms with Crippen molar-refractivity contribution < 1.29 is 0 Å². The van der Waals surface area contributed by atoms with E-state index in [9.17, 15) is 0 Å². The molecule has 1 aromatic heterocycles. The number of halogens is 2. The fourth-order valence-electron chi connectivity index (χ4n) is 2.44. The van der Waals surface area contributed by atoms with Crippen LogP contribution in [0.5, 0.6) is 0 Å². The molecule has 1 N–H and O–H groups in total. The van der Waals surface area contributed by atoms with E-state index in [4.69, 9.17) is 23.2 Å². The molecule has 1 aromatic carbocycles. The van der Waals surface area contributed by atoms with E-state index >= 15 is 0 Å². The molecule has 3 nitrogen and oxygen atoms in total. The van der Waals surface area contributed by atoms with Crippen LogP contribution < -0.4 is 5.32 Å². The van der Waals surface area contributed by atoms with Gasteiger partial charge in [0.1, 0.15) is 0 Å². The van der Waals surface area contributed by atoms with Gasteiger partial charge in [0.05, 0.1) is 23.0 Å². The minimum Gasteiger partial charge on any atom is -0.308 e. The molecule has 0 aliphatic heterocycles. The highest BCUT2D eigenvalue weighted by Crippen LogP contribution is 2.28. The van der Waals surface area contributed by atoms with Crippen LogP contribution in [0, 0.1) is 0 Å². The Bertz CT molecular complexity index is 581. The minimum absolute atomic E-state index is 0.111. The third-order valence-corrected chi connectivity index (χ3v) is 4.15. The van der Waals surface area contributed by atoms with Crippen molar-refractivity contribution >= 4 is 23.2 Å². The maximum Gasteiger partial charge on any atom is 0.0834 e. The van der Waals surface area contributed by atoms with Crippen molar-refractivity contribution in [1.82, 2.24) is 15.1 Å². The van der Waals surface area contributed by atoms with Gasteiger partial charge in [0.25, 0.3) is 0 Å². The normalized spacial score (nSPS) is 12.6. The van der Waals surface area contributed by atoms with E-state index in [2.05, 4.69) is 30.3 Å². The molecule has 2 aromatic rings. The molecule has 1 heterocycles. The third kappa shape index (κ3) is 4.00. The molecule has 0 aliphatic carbocycles. The van der Waals surface area contributed by atoms with Crippen molar-refractivity contribution in [3.8, 4) is 0 Å². The summed E-state index contributed by atoms with van der Waals surface area (Å²) in [6.45, 7) is 5.95. The quantitative estimate of drug-likeness (QED) is 0.812. The van der Waals surface area contributed by atoms with Gasteiger partial charge in [-0.3, -0.25) is 4.68 Å². The van der Waals surface area contributed by atoms with Crippen LogP contribution >= 0.6 is 23.2 Å². The number of rotatable bonds is 7. The van der Waals surface area contributed by atoms with Crippen molar-refractivity contribution in [2.45, 2.75) is 39.3 Å². The lowest BCUT2D eigenvalue weighted by Gasteiger charge is -2.21. The highest BCUT2D eigenvalue weighted by atomic mass is 35.5. The second-order valence-electron chi connectivity index (χ2n) is 5.00. The van der Waals surface area contributed by atoms with E-state index in [1.54, 1.807) is 6.20 Å². The van der Waals surface area contributed by atoms with Crippen LogP contribution in [0.4, 0.5) is 0 Å². The number of hydrogen-bond acceptors (Lipinski definition) is 2. The fraction of sp³-hybridized carbons (Fsp3) is 0.438. The Morgan fingerprint density at radius 2 is 1.95 bits per heavy atom. The zero-order chi connectivity index (χ0) is 15.2. The average Bonchev–Trinajstić information content (AvgIpc) is 2.86. The van der Waals surface area contributed by atoms with Crippen LogP contribution in [0.15, 0.2) is 30.5 Å². The first-order valence-corrected chi connectivity index (χ1v) is 8.10. The van der Waals surface area contributed by atoms with Gasteiger partial charge in [-0.05, 0) is 37.9 Å². The smallest absolute Gasteiger partial charge is 0.0834 e.